The van der Waals surface area contributed by atoms with Crippen LogP contribution in [0.4, 0.5) is 26.7 Å². The van der Waals surface area contributed by atoms with E-state index in [1.165, 1.54) is 0 Å². The van der Waals surface area contributed by atoms with Crippen LogP contribution in [0.3, 0.4) is 0 Å². The van der Waals surface area contributed by atoms with Gasteiger partial charge in [0, 0.05) is 30.3 Å². The minimum Gasteiger partial charge on any atom is -0.485 e. The molecule has 10 nitrogen and oxygen atoms in total. The summed E-state index contributed by atoms with van der Waals surface area (Å²) in [6.45, 7) is 3.98. The fourth-order valence-corrected chi connectivity index (χ4v) is 6.07. The van der Waals surface area contributed by atoms with Crippen molar-refractivity contribution in [3.05, 3.63) is 109 Å². The molecule has 0 bridgehead atoms. The first-order valence-electron chi connectivity index (χ1n) is 16.0. The largest absolute Gasteiger partial charge is 0.485 e. The van der Waals surface area contributed by atoms with Crippen LogP contribution in [0.5, 0.6) is 5.75 Å². The van der Waals surface area contributed by atoms with Crippen LogP contribution in [0.1, 0.15) is 24.2 Å². The summed E-state index contributed by atoms with van der Waals surface area (Å²) >= 11 is 0. The standard InChI is InChI=1S/C38H39N5O5/c1-24-21-43(25(2)23-44)36(45)30-17-10-20-33(40-37(46)39-31-18-8-13-26-11-4-6-15-28(26)31)35(30)48-34(24)22-42(3)38(47)41-32-19-9-14-27-12-5-7-16-29(27)32/h4-20,24-25,34,44H,21-23H2,1-3H3,(H,41,47)(H2,39,40,46)/t24-,25+,34-/m0/s1. The zero-order chi connectivity index (χ0) is 33.8. The Balaban J connectivity index is 1.27. The van der Waals surface area contributed by atoms with E-state index in [4.69, 9.17) is 4.74 Å². The average molecular weight is 646 g/mol. The molecule has 0 unspecified atom stereocenters. The number of carbonyl (C=O) groups excluding carboxylic acids is 3. The van der Waals surface area contributed by atoms with Crippen LogP contribution < -0.4 is 20.7 Å². The molecule has 0 fully saturated rings. The van der Waals surface area contributed by atoms with E-state index >= 15 is 0 Å². The van der Waals surface area contributed by atoms with Crippen molar-refractivity contribution in [3.63, 3.8) is 0 Å². The van der Waals surface area contributed by atoms with Crippen molar-refractivity contribution >= 4 is 56.6 Å². The number of carbonyl (C=O) groups is 3. The zero-order valence-corrected chi connectivity index (χ0v) is 27.1. The number of hydrogen-bond acceptors (Lipinski definition) is 5. The fourth-order valence-electron chi connectivity index (χ4n) is 6.07. The first-order chi connectivity index (χ1) is 23.2. The molecule has 5 amide bonds. The Kier molecular flexibility index (Phi) is 9.45. The number of urea groups is 2. The maximum atomic E-state index is 13.9. The highest BCUT2D eigenvalue weighted by Gasteiger charge is 2.35. The molecule has 0 aliphatic carbocycles. The van der Waals surface area contributed by atoms with Crippen LogP contribution in [-0.2, 0) is 0 Å². The Morgan fingerprint density at radius 2 is 1.38 bits per heavy atom. The molecule has 48 heavy (non-hydrogen) atoms. The van der Waals surface area contributed by atoms with Gasteiger partial charge in [-0.15, -0.1) is 0 Å². The number of likely N-dealkylation sites (N-methyl/N-ethyl adjacent to an activating group) is 1. The van der Waals surface area contributed by atoms with Crippen molar-refractivity contribution in [2.45, 2.75) is 26.0 Å². The van der Waals surface area contributed by atoms with Crippen LogP contribution in [0.25, 0.3) is 21.5 Å². The molecular formula is C38H39N5O5. The molecule has 0 radical (unpaired) electrons. The van der Waals surface area contributed by atoms with Crippen molar-refractivity contribution < 1.29 is 24.2 Å². The van der Waals surface area contributed by atoms with Crippen LogP contribution >= 0.6 is 0 Å². The predicted molar refractivity (Wildman–Crippen MR) is 190 cm³/mol. The van der Waals surface area contributed by atoms with Crippen molar-refractivity contribution in [2.24, 2.45) is 5.92 Å². The number of benzene rings is 5. The monoisotopic (exact) mass is 645 g/mol. The van der Waals surface area contributed by atoms with E-state index in [2.05, 4.69) is 16.0 Å². The Morgan fingerprint density at radius 3 is 2.02 bits per heavy atom. The molecule has 3 atom stereocenters. The van der Waals surface area contributed by atoms with Crippen molar-refractivity contribution in [1.29, 1.82) is 0 Å². The third-order valence-electron chi connectivity index (χ3n) is 8.81. The van der Waals surface area contributed by atoms with Gasteiger partial charge in [0.05, 0.1) is 41.8 Å². The van der Waals surface area contributed by atoms with Gasteiger partial charge >= 0.3 is 12.1 Å². The van der Waals surface area contributed by atoms with Gasteiger partial charge < -0.3 is 35.6 Å². The van der Waals surface area contributed by atoms with Gasteiger partial charge in [0.15, 0.2) is 5.75 Å². The summed E-state index contributed by atoms with van der Waals surface area (Å²) < 4.78 is 6.60. The van der Waals surface area contributed by atoms with E-state index in [1.54, 1.807) is 42.0 Å². The normalized spacial score (nSPS) is 16.7. The molecule has 0 saturated carbocycles. The van der Waals surface area contributed by atoms with Crippen LogP contribution in [0.15, 0.2) is 103 Å². The first kappa shape index (κ1) is 32.3. The molecule has 246 valence electrons. The molecule has 5 aromatic carbocycles. The lowest BCUT2D eigenvalue weighted by molar-refractivity contribution is 0.0373. The number of rotatable bonds is 7. The van der Waals surface area contributed by atoms with E-state index < -0.39 is 18.2 Å². The molecule has 4 N–H and O–H groups in total. The van der Waals surface area contributed by atoms with Gasteiger partial charge in [-0.25, -0.2) is 9.59 Å². The highest BCUT2D eigenvalue weighted by atomic mass is 16.5. The molecule has 1 aliphatic heterocycles. The Labute approximate surface area is 279 Å². The van der Waals surface area contributed by atoms with Gasteiger partial charge in [-0.2, -0.15) is 0 Å². The molecule has 1 heterocycles. The summed E-state index contributed by atoms with van der Waals surface area (Å²) in [5, 5.41) is 22.7. The third kappa shape index (κ3) is 6.74. The number of para-hydroxylation sites is 1. The maximum absolute atomic E-state index is 13.9. The summed E-state index contributed by atoms with van der Waals surface area (Å²) in [6, 6.07) is 30.7. The summed E-state index contributed by atoms with van der Waals surface area (Å²) in [4.78, 5) is 43.9. The quantitative estimate of drug-likeness (QED) is 0.152. The lowest BCUT2D eigenvalue weighted by Crippen LogP contribution is -2.50. The predicted octanol–water partition coefficient (Wildman–Crippen LogP) is 7.02. The second-order valence-corrected chi connectivity index (χ2v) is 12.2. The average Bonchev–Trinajstić information content (AvgIpc) is 3.10. The molecule has 5 aromatic rings. The fraction of sp³-hybridized carbons (Fsp3) is 0.237. The third-order valence-corrected chi connectivity index (χ3v) is 8.81. The maximum Gasteiger partial charge on any atom is 0.323 e. The van der Waals surface area contributed by atoms with Gasteiger partial charge in [-0.05, 0) is 42.0 Å². The Morgan fingerprint density at radius 1 is 0.833 bits per heavy atom. The SMILES string of the molecule is C[C@H](CO)N1C[C@H](C)[C@H](CN(C)C(=O)Nc2cccc3ccccc23)Oc2c(NC(=O)Nc3cccc4ccccc34)cccc2C1=O. The summed E-state index contributed by atoms with van der Waals surface area (Å²) in [5.74, 6) is -0.372. The summed E-state index contributed by atoms with van der Waals surface area (Å²) in [6.07, 6.45) is -0.572. The highest BCUT2D eigenvalue weighted by molar-refractivity contribution is 6.08. The summed E-state index contributed by atoms with van der Waals surface area (Å²) in [7, 11) is 1.69. The van der Waals surface area contributed by atoms with Gasteiger partial charge in [0.1, 0.15) is 6.10 Å². The van der Waals surface area contributed by atoms with Crippen molar-refractivity contribution in [3.8, 4) is 5.75 Å². The molecule has 6 rings (SSSR count). The number of nitrogens with one attached hydrogen (secondary N) is 3. The first-order valence-corrected chi connectivity index (χ1v) is 16.0. The molecule has 10 heteroatoms. The summed E-state index contributed by atoms with van der Waals surface area (Å²) in [5.41, 5.74) is 1.88. The van der Waals surface area contributed by atoms with Crippen molar-refractivity contribution in [1.82, 2.24) is 9.80 Å². The molecule has 0 aromatic heterocycles. The lowest BCUT2D eigenvalue weighted by atomic mass is 9.99. The Bertz CT molecular complexity index is 1970. The van der Waals surface area contributed by atoms with Crippen LogP contribution in [-0.4, -0.2) is 71.8 Å². The minimum absolute atomic E-state index is 0.184. The number of aliphatic hydroxyl groups excluding tert-OH is 1. The van der Waals surface area contributed by atoms with Crippen LogP contribution in [0, 0.1) is 5.92 Å². The molecular weight excluding hydrogens is 606 g/mol. The minimum atomic E-state index is -0.572. The van der Waals surface area contributed by atoms with E-state index in [0.717, 1.165) is 21.5 Å². The molecule has 1 aliphatic rings. The van der Waals surface area contributed by atoms with Gasteiger partial charge in [-0.1, -0.05) is 85.8 Å². The second kappa shape index (κ2) is 14.0. The molecule has 0 saturated heterocycles. The van der Waals surface area contributed by atoms with Gasteiger partial charge in [0.2, 0.25) is 0 Å². The van der Waals surface area contributed by atoms with E-state index in [9.17, 15) is 19.5 Å². The van der Waals surface area contributed by atoms with E-state index in [1.807, 2.05) is 91.9 Å². The molecule has 0 spiro atoms. The zero-order valence-electron chi connectivity index (χ0n) is 27.1. The second-order valence-electron chi connectivity index (χ2n) is 12.2. The number of nitrogens with zero attached hydrogens (tertiary/aromatic N) is 2. The van der Waals surface area contributed by atoms with Crippen LogP contribution in [0.2, 0.25) is 0 Å². The Hall–Kier alpha value is -5.61. The lowest BCUT2D eigenvalue weighted by Gasteiger charge is -2.38. The van der Waals surface area contributed by atoms with E-state index in [0.29, 0.717) is 23.6 Å². The number of hydrogen-bond donors (Lipinski definition) is 4. The smallest absolute Gasteiger partial charge is 0.323 e. The number of ether oxygens (including phenoxy) is 1. The van der Waals surface area contributed by atoms with Gasteiger partial charge in [0.25, 0.3) is 5.91 Å². The number of anilines is 3. The number of aliphatic hydroxyl groups is 1. The topological polar surface area (TPSA) is 123 Å². The van der Waals surface area contributed by atoms with Crippen molar-refractivity contribution in [2.75, 3.05) is 42.7 Å². The number of fused-ring (bicyclic) bond motifs is 3. The number of amides is 5. The highest BCUT2D eigenvalue weighted by Crippen LogP contribution is 2.35. The van der Waals surface area contributed by atoms with E-state index in [-0.39, 0.29) is 42.3 Å². The van der Waals surface area contributed by atoms with Gasteiger partial charge in [-0.3, -0.25) is 4.79 Å².